The van der Waals surface area contributed by atoms with Crippen molar-refractivity contribution in [3.8, 4) is 5.75 Å². The van der Waals surface area contributed by atoms with Gasteiger partial charge in [-0.15, -0.1) is 0 Å². The number of esters is 1. The average molecular weight is 643 g/mol. The van der Waals surface area contributed by atoms with Gasteiger partial charge < -0.3 is 15.8 Å². The second-order valence-corrected chi connectivity index (χ2v) is 13.4. The maximum Gasteiger partial charge on any atom is 0.345 e. The van der Waals surface area contributed by atoms with Gasteiger partial charge in [-0.25, -0.2) is 4.79 Å². The smallest absolute Gasteiger partial charge is 0.345 e. The summed E-state index contributed by atoms with van der Waals surface area (Å²) in [4.78, 5) is 41.4. The highest BCUT2D eigenvalue weighted by molar-refractivity contribution is 6.32. The first-order chi connectivity index (χ1) is 23.4. The van der Waals surface area contributed by atoms with Crippen molar-refractivity contribution >= 4 is 34.6 Å². The Labute approximate surface area is 284 Å². The normalized spacial score (nSPS) is 17.0. The molecule has 4 aromatic carbocycles. The molecule has 0 saturated heterocycles. The Morgan fingerprint density at radius 3 is 2.08 bits per heavy atom. The molecule has 0 unspecified atom stereocenters. The Hall–Kier alpha value is -4.71. The van der Waals surface area contributed by atoms with Gasteiger partial charge in [0, 0.05) is 16.8 Å². The lowest BCUT2D eigenvalue weighted by Gasteiger charge is -2.29. The van der Waals surface area contributed by atoms with Gasteiger partial charge in [0.05, 0.1) is 28.1 Å². The van der Waals surface area contributed by atoms with Crippen molar-refractivity contribution in [3.05, 3.63) is 118 Å². The fourth-order valence-electron chi connectivity index (χ4n) is 7.31. The minimum atomic E-state index is -0.687. The van der Waals surface area contributed by atoms with E-state index >= 15 is 0 Å². The quantitative estimate of drug-likeness (QED) is 0.0608. The summed E-state index contributed by atoms with van der Waals surface area (Å²) < 4.78 is 5.83. The molecule has 6 nitrogen and oxygen atoms in total. The summed E-state index contributed by atoms with van der Waals surface area (Å²) in [7, 11) is 0. The van der Waals surface area contributed by atoms with Gasteiger partial charge in [0.15, 0.2) is 11.6 Å². The summed E-state index contributed by atoms with van der Waals surface area (Å²) in [6.45, 7) is 4.42. The molecule has 0 aromatic heterocycles. The molecule has 4 aromatic rings. The van der Waals surface area contributed by atoms with Crippen LogP contribution in [0.5, 0.6) is 5.75 Å². The van der Waals surface area contributed by atoms with Crippen LogP contribution in [0.3, 0.4) is 0 Å². The SMILES string of the molecule is CCCCCC1CCC(c2ccc(OC(=O)c3cc(Nc4ccc(CCCC)cc4)c4c(c3N)C(=O)c3ccccc3C4=O)cc2)CC1. The predicted molar refractivity (Wildman–Crippen MR) is 193 cm³/mol. The predicted octanol–water partition coefficient (Wildman–Crippen LogP) is 10.2. The highest BCUT2D eigenvalue weighted by Crippen LogP contribution is 2.40. The van der Waals surface area contributed by atoms with Gasteiger partial charge in [-0.05, 0) is 91.8 Å². The second kappa shape index (κ2) is 15.0. The monoisotopic (exact) mass is 642 g/mol. The van der Waals surface area contributed by atoms with Gasteiger partial charge in [0.25, 0.3) is 0 Å². The van der Waals surface area contributed by atoms with Gasteiger partial charge >= 0.3 is 5.97 Å². The Balaban J connectivity index is 1.25. The molecule has 1 fully saturated rings. The van der Waals surface area contributed by atoms with Crippen molar-refractivity contribution in [2.24, 2.45) is 5.92 Å². The van der Waals surface area contributed by atoms with E-state index in [2.05, 4.69) is 31.3 Å². The van der Waals surface area contributed by atoms with Gasteiger partial charge in [-0.3, -0.25) is 9.59 Å². The van der Waals surface area contributed by atoms with Crippen LogP contribution in [-0.2, 0) is 6.42 Å². The van der Waals surface area contributed by atoms with Crippen LogP contribution in [0, 0.1) is 5.92 Å². The zero-order valence-corrected chi connectivity index (χ0v) is 28.1. The van der Waals surface area contributed by atoms with Crippen LogP contribution in [0.15, 0.2) is 78.9 Å². The fourth-order valence-corrected chi connectivity index (χ4v) is 7.31. The number of unbranched alkanes of at least 4 members (excludes halogenated alkanes) is 3. The van der Waals surface area contributed by atoms with E-state index < -0.39 is 11.8 Å². The standard InChI is InChI=1S/C42H46N2O4/c1-3-5-7-11-28-14-18-29(19-15-28)30-20-24-32(25-21-30)48-42(47)35-26-36(44-31-22-16-27(17-23-31)10-6-4-2)37-38(39(35)43)41(46)34-13-9-8-12-33(34)40(37)45/h8-9,12-13,16-17,20-26,28-29,44H,3-7,10-11,14-15,18-19,43H2,1-2H3. The molecule has 0 bridgehead atoms. The lowest BCUT2D eigenvalue weighted by molar-refractivity contribution is 0.0735. The third-order valence-corrected chi connectivity index (χ3v) is 10.1. The van der Waals surface area contributed by atoms with Crippen LogP contribution in [0.25, 0.3) is 0 Å². The first-order valence-corrected chi connectivity index (χ1v) is 17.7. The van der Waals surface area contributed by atoms with Crippen LogP contribution in [-0.4, -0.2) is 17.5 Å². The number of ketones is 2. The number of aryl methyl sites for hydroxylation is 1. The van der Waals surface area contributed by atoms with Gasteiger partial charge in [0.1, 0.15) is 5.75 Å². The van der Waals surface area contributed by atoms with E-state index in [0.29, 0.717) is 22.9 Å². The second-order valence-electron chi connectivity index (χ2n) is 13.4. The topological polar surface area (TPSA) is 98.5 Å². The van der Waals surface area contributed by atoms with Crippen molar-refractivity contribution in [1.82, 2.24) is 0 Å². The molecule has 1 saturated carbocycles. The molecular formula is C42H46N2O4. The van der Waals surface area contributed by atoms with Gasteiger partial charge in [0.2, 0.25) is 0 Å². The largest absolute Gasteiger partial charge is 0.423 e. The number of ether oxygens (including phenoxy) is 1. The number of hydrogen-bond donors (Lipinski definition) is 2. The van der Waals surface area contributed by atoms with Crippen LogP contribution in [0.1, 0.15) is 137 Å². The molecule has 6 heteroatoms. The summed E-state index contributed by atoms with van der Waals surface area (Å²) >= 11 is 0. The van der Waals surface area contributed by atoms with Crippen LogP contribution < -0.4 is 15.8 Å². The zero-order chi connectivity index (χ0) is 33.6. The third kappa shape index (κ3) is 7.08. The van der Waals surface area contributed by atoms with Crippen LogP contribution in [0.2, 0.25) is 0 Å². The van der Waals surface area contributed by atoms with E-state index in [-0.39, 0.29) is 33.7 Å². The Morgan fingerprint density at radius 2 is 1.44 bits per heavy atom. The summed E-state index contributed by atoms with van der Waals surface area (Å²) in [5.74, 6) is 0.366. The first kappa shape index (κ1) is 33.2. The number of nitrogen functional groups attached to an aromatic ring is 1. The third-order valence-electron chi connectivity index (χ3n) is 10.1. The number of carbonyl (C=O) groups excluding carboxylic acids is 3. The number of nitrogens with one attached hydrogen (secondary N) is 1. The van der Waals surface area contributed by atoms with Crippen molar-refractivity contribution in [2.45, 2.75) is 90.4 Å². The fraction of sp³-hybridized carbons (Fsp3) is 0.357. The van der Waals surface area contributed by atoms with Gasteiger partial charge in [-0.2, -0.15) is 0 Å². The molecular weight excluding hydrogens is 596 g/mol. The van der Waals surface area contributed by atoms with Gasteiger partial charge in [-0.1, -0.05) is 94.5 Å². The minimum Gasteiger partial charge on any atom is -0.423 e. The molecule has 3 N–H and O–H groups in total. The highest BCUT2D eigenvalue weighted by Gasteiger charge is 2.36. The lowest BCUT2D eigenvalue weighted by atomic mass is 9.77. The molecule has 0 heterocycles. The van der Waals surface area contributed by atoms with E-state index in [4.69, 9.17) is 10.5 Å². The maximum atomic E-state index is 13.8. The molecule has 0 atom stereocenters. The molecule has 0 amide bonds. The Kier molecular flexibility index (Phi) is 10.4. The first-order valence-electron chi connectivity index (χ1n) is 17.7. The van der Waals surface area contributed by atoms with Crippen molar-refractivity contribution < 1.29 is 19.1 Å². The van der Waals surface area contributed by atoms with Crippen molar-refractivity contribution in [1.29, 1.82) is 0 Å². The minimum absolute atomic E-state index is 0.0239. The molecule has 2 aliphatic rings. The van der Waals surface area contributed by atoms with E-state index in [1.54, 1.807) is 24.3 Å². The highest BCUT2D eigenvalue weighted by atomic mass is 16.5. The number of fused-ring (bicyclic) bond motifs is 2. The van der Waals surface area contributed by atoms with E-state index in [9.17, 15) is 14.4 Å². The Morgan fingerprint density at radius 1 is 0.792 bits per heavy atom. The molecule has 2 aliphatic carbocycles. The molecule has 0 aliphatic heterocycles. The summed E-state index contributed by atoms with van der Waals surface area (Å²) in [5.41, 5.74) is 10.8. The number of anilines is 3. The molecule has 0 spiro atoms. The molecule has 48 heavy (non-hydrogen) atoms. The molecule has 0 radical (unpaired) electrons. The average Bonchev–Trinajstić information content (AvgIpc) is 3.11. The number of carbonyl (C=O) groups is 3. The van der Waals surface area contributed by atoms with Crippen molar-refractivity contribution in [3.63, 3.8) is 0 Å². The van der Waals surface area contributed by atoms with Crippen molar-refractivity contribution in [2.75, 3.05) is 11.1 Å². The zero-order valence-electron chi connectivity index (χ0n) is 28.1. The summed E-state index contributed by atoms with van der Waals surface area (Å²) in [6, 6.07) is 24.0. The van der Waals surface area contributed by atoms with Crippen LogP contribution in [0.4, 0.5) is 17.1 Å². The maximum absolute atomic E-state index is 13.8. The lowest BCUT2D eigenvalue weighted by Crippen LogP contribution is -2.25. The van der Waals surface area contributed by atoms with E-state index in [1.807, 2.05) is 36.4 Å². The van der Waals surface area contributed by atoms with E-state index in [1.165, 1.54) is 68.6 Å². The van der Waals surface area contributed by atoms with Crippen LogP contribution >= 0.6 is 0 Å². The van der Waals surface area contributed by atoms with E-state index in [0.717, 1.165) is 30.9 Å². The number of hydrogen-bond acceptors (Lipinski definition) is 6. The summed E-state index contributed by atoms with van der Waals surface area (Å²) in [6.07, 6.45) is 13.4. The molecule has 6 rings (SSSR count). The Bertz CT molecular complexity index is 1780. The number of nitrogens with two attached hydrogens (primary N) is 1. The molecule has 248 valence electrons. The number of rotatable bonds is 12. The number of benzene rings is 4. The summed E-state index contributed by atoms with van der Waals surface area (Å²) in [5, 5.41) is 3.31.